The number of nitrogens with one attached hydrogen (secondary N) is 1. The van der Waals surface area contributed by atoms with Crippen LogP contribution >= 0.6 is 11.3 Å². The third-order valence-corrected chi connectivity index (χ3v) is 4.04. The first-order chi connectivity index (χ1) is 10.1. The Kier molecular flexibility index (Phi) is 5.39. The minimum absolute atomic E-state index is 0.0376. The van der Waals surface area contributed by atoms with E-state index in [-0.39, 0.29) is 11.9 Å². The summed E-state index contributed by atoms with van der Waals surface area (Å²) in [7, 11) is 0. The topological polar surface area (TPSA) is 38.3 Å². The highest BCUT2D eigenvalue weighted by Gasteiger charge is 2.11. The van der Waals surface area contributed by atoms with Crippen LogP contribution in [0.2, 0.25) is 0 Å². The number of benzene rings is 1. The van der Waals surface area contributed by atoms with Crippen molar-refractivity contribution in [3.63, 3.8) is 0 Å². The van der Waals surface area contributed by atoms with Gasteiger partial charge in [-0.3, -0.25) is 4.79 Å². The SMILES string of the molecule is CC(C)c1ccc(OC[C@H](C)NC(=O)c2cccs2)cc1. The van der Waals surface area contributed by atoms with E-state index < -0.39 is 0 Å². The van der Waals surface area contributed by atoms with Gasteiger partial charge in [0.2, 0.25) is 0 Å². The summed E-state index contributed by atoms with van der Waals surface area (Å²) in [5.74, 6) is 1.30. The van der Waals surface area contributed by atoms with Gasteiger partial charge in [0.1, 0.15) is 12.4 Å². The number of hydrogen-bond donors (Lipinski definition) is 1. The lowest BCUT2D eigenvalue weighted by atomic mass is 10.0. The van der Waals surface area contributed by atoms with Gasteiger partial charge in [0, 0.05) is 0 Å². The van der Waals surface area contributed by atoms with Gasteiger partial charge in [-0.1, -0.05) is 32.0 Å². The second-order valence-corrected chi connectivity index (χ2v) is 6.33. The van der Waals surface area contributed by atoms with Gasteiger partial charge < -0.3 is 10.1 Å². The molecule has 2 rings (SSSR count). The predicted molar refractivity (Wildman–Crippen MR) is 87.3 cm³/mol. The molecule has 0 saturated carbocycles. The molecule has 0 saturated heterocycles. The fraction of sp³-hybridized carbons (Fsp3) is 0.353. The summed E-state index contributed by atoms with van der Waals surface area (Å²) in [6, 6.07) is 11.8. The van der Waals surface area contributed by atoms with Crippen molar-refractivity contribution in [1.82, 2.24) is 5.32 Å². The third-order valence-electron chi connectivity index (χ3n) is 3.17. The van der Waals surface area contributed by atoms with Crippen LogP contribution in [0.3, 0.4) is 0 Å². The zero-order chi connectivity index (χ0) is 15.2. The van der Waals surface area contributed by atoms with Crippen LogP contribution in [0.5, 0.6) is 5.75 Å². The van der Waals surface area contributed by atoms with Gasteiger partial charge in [-0.25, -0.2) is 0 Å². The Bertz CT molecular complexity index is 561. The van der Waals surface area contributed by atoms with Crippen LogP contribution in [0.1, 0.15) is 41.9 Å². The Hall–Kier alpha value is -1.81. The molecule has 0 radical (unpaired) electrons. The Balaban J connectivity index is 1.81. The highest BCUT2D eigenvalue weighted by Crippen LogP contribution is 2.18. The summed E-state index contributed by atoms with van der Waals surface area (Å²) < 4.78 is 5.71. The summed E-state index contributed by atoms with van der Waals surface area (Å²) in [5, 5.41) is 4.82. The molecule has 2 aromatic rings. The van der Waals surface area contributed by atoms with Crippen molar-refractivity contribution >= 4 is 17.2 Å². The molecule has 1 aromatic heterocycles. The first kappa shape index (κ1) is 15.6. The molecular formula is C17H21NO2S. The Morgan fingerprint density at radius 1 is 1.19 bits per heavy atom. The predicted octanol–water partition coefficient (Wildman–Crippen LogP) is 4.07. The average molecular weight is 303 g/mol. The number of rotatable bonds is 6. The molecule has 112 valence electrons. The fourth-order valence-electron chi connectivity index (χ4n) is 1.91. The number of carbonyl (C=O) groups is 1. The Morgan fingerprint density at radius 3 is 2.48 bits per heavy atom. The van der Waals surface area contributed by atoms with E-state index >= 15 is 0 Å². The molecule has 0 bridgehead atoms. The monoisotopic (exact) mass is 303 g/mol. The molecule has 0 spiro atoms. The Labute approximate surface area is 130 Å². The molecular weight excluding hydrogens is 282 g/mol. The Morgan fingerprint density at radius 2 is 1.90 bits per heavy atom. The zero-order valence-electron chi connectivity index (χ0n) is 12.6. The number of thiophene rings is 1. The number of carbonyl (C=O) groups excluding carboxylic acids is 1. The van der Waals surface area contributed by atoms with Gasteiger partial charge in [0.15, 0.2) is 0 Å². The molecule has 0 aliphatic carbocycles. The van der Waals surface area contributed by atoms with Gasteiger partial charge >= 0.3 is 0 Å². The second kappa shape index (κ2) is 7.27. The van der Waals surface area contributed by atoms with E-state index in [2.05, 4.69) is 31.3 Å². The summed E-state index contributed by atoms with van der Waals surface area (Å²) >= 11 is 1.44. The average Bonchev–Trinajstić information content (AvgIpc) is 3.00. The van der Waals surface area contributed by atoms with Gasteiger partial charge in [0.05, 0.1) is 10.9 Å². The fourth-order valence-corrected chi connectivity index (χ4v) is 2.54. The van der Waals surface area contributed by atoms with Crippen LogP contribution in [-0.2, 0) is 0 Å². The zero-order valence-corrected chi connectivity index (χ0v) is 13.4. The molecule has 0 unspecified atom stereocenters. The molecule has 1 heterocycles. The second-order valence-electron chi connectivity index (χ2n) is 5.39. The van der Waals surface area contributed by atoms with E-state index in [1.807, 2.05) is 36.6 Å². The van der Waals surface area contributed by atoms with Crippen molar-refractivity contribution in [2.45, 2.75) is 32.7 Å². The first-order valence-electron chi connectivity index (χ1n) is 7.13. The van der Waals surface area contributed by atoms with Gasteiger partial charge in [-0.15, -0.1) is 11.3 Å². The molecule has 0 aliphatic rings. The quantitative estimate of drug-likeness (QED) is 0.873. The molecule has 0 aliphatic heterocycles. The normalized spacial score (nSPS) is 12.2. The van der Waals surface area contributed by atoms with E-state index in [1.54, 1.807) is 0 Å². The molecule has 4 heteroatoms. The summed E-state index contributed by atoms with van der Waals surface area (Å²) in [5.41, 5.74) is 1.29. The lowest BCUT2D eigenvalue weighted by Crippen LogP contribution is -2.36. The summed E-state index contributed by atoms with van der Waals surface area (Å²) in [4.78, 5) is 12.6. The lowest BCUT2D eigenvalue weighted by molar-refractivity contribution is 0.0931. The van der Waals surface area contributed by atoms with Crippen molar-refractivity contribution < 1.29 is 9.53 Å². The highest BCUT2D eigenvalue weighted by atomic mass is 32.1. The van der Waals surface area contributed by atoms with Crippen molar-refractivity contribution in [2.75, 3.05) is 6.61 Å². The number of amides is 1. The molecule has 1 atom stereocenters. The standard InChI is InChI=1S/C17H21NO2S/c1-12(2)14-6-8-15(9-7-14)20-11-13(3)18-17(19)16-5-4-10-21-16/h4-10,12-13H,11H2,1-3H3,(H,18,19)/t13-/m0/s1. The van der Waals surface area contributed by atoms with Gasteiger partial charge in [0.25, 0.3) is 5.91 Å². The minimum Gasteiger partial charge on any atom is -0.491 e. The van der Waals surface area contributed by atoms with E-state index in [9.17, 15) is 4.79 Å². The molecule has 21 heavy (non-hydrogen) atoms. The molecule has 1 N–H and O–H groups in total. The molecule has 1 amide bonds. The lowest BCUT2D eigenvalue weighted by Gasteiger charge is -2.15. The van der Waals surface area contributed by atoms with Gasteiger partial charge in [-0.05, 0) is 42.0 Å². The van der Waals surface area contributed by atoms with Crippen LogP contribution in [-0.4, -0.2) is 18.6 Å². The molecule has 3 nitrogen and oxygen atoms in total. The minimum atomic E-state index is -0.0451. The maximum Gasteiger partial charge on any atom is 0.261 e. The van der Waals surface area contributed by atoms with E-state index in [1.165, 1.54) is 16.9 Å². The molecule has 0 fully saturated rings. The van der Waals surface area contributed by atoms with Crippen LogP contribution in [0.15, 0.2) is 41.8 Å². The maximum absolute atomic E-state index is 11.9. The maximum atomic E-state index is 11.9. The van der Waals surface area contributed by atoms with E-state index in [0.29, 0.717) is 12.5 Å². The van der Waals surface area contributed by atoms with E-state index in [4.69, 9.17) is 4.74 Å². The van der Waals surface area contributed by atoms with Crippen LogP contribution in [0.25, 0.3) is 0 Å². The highest BCUT2D eigenvalue weighted by molar-refractivity contribution is 7.12. The van der Waals surface area contributed by atoms with Crippen LogP contribution in [0.4, 0.5) is 0 Å². The van der Waals surface area contributed by atoms with Crippen LogP contribution < -0.4 is 10.1 Å². The van der Waals surface area contributed by atoms with E-state index in [0.717, 1.165) is 10.6 Å². The third kappa shape index (κ3) is 4.60. The first-order valence-corrected chi connectivity index (χ1v) is 8.01. The molecule has 1 aromatic carbocycles. The van der Waals surface area contributed by atoms with Crippen molar-refractivity contribution in [1.29, 1.82) is 0 Å². The van der Waals surface area contributed by atoms with Crippen molar-refractivity contribution in [3.8, 4) is 5.75 Å². The smallest absolute Gasteiger partial charge is 0.261 e. The van der Waals surface area contributed by atoms with Gasteiger partial charge in [-0.2, -0.15) is 0 Å². The van der Waals surface area contributed by atoms with Crippen molar-refractivity contribution in [3.05, 3.63) is 52.2 Å². The largest absolute Gasteiger partial charge is 0.491 e. The number of hydrogen-bond acceptors (Lipinski definition) is 3. The summed E-state index contributed by atoms with van der Waals surface area (Å²) in [6.45, 7) is 6.72. The van der Waals surface area contributed by atoms with Crippen LogP contribution in [0, 0.1) is 0 Å². The number of ether oxygens (including phenoxy) is 1. The van der Waals surface area contributed by atoms with Crippen molar-refractivity contribution in [2.24, 2.45) is 0 Å². The summed E-state index contributed by atoms with van der Waals surface area (Å²) in [6.07, 6.45) is 0.